The Morgan fingerprint density at radius 2 is 1.71 bits per heavy atom. The first-order chi connectivity index (χ1) is 12.2. The van der Waals surface area contributed by atoms with Gasteiger partial charge in [0.2, 0.25) is 11.8 Å². The van der Waals surface area contributed by atoms with Crippen LogP contribution in [0.2, 0.25) is 0 Å². The van der Waals surface area contributed by atoms with Crippen LogP contribution in [-0.4, -0.2) is 65.7 Å². The third-order valence-corrected chi connectivity index (χ3v) is 3.49. The van der Waals surface area contributed by atoms with Crippen molar-refractivity contribution in [1.29, 1.82) is 0 Å². The van der Waals surface area contributed by atoms with Crippen LogP contribution in [0.4, 0.5) is 0 Å². The highest BCUT2D eigenvalue weighted by Gasteiger charge is 2.21. The molecule has 9 N–H and O–H groups in total. The molecule has 0 aromatic carbocycles. The number of rotatable bonds is 13. The molecule has 0 spiro atoms. The predicted molar refractivity (Wildman–Crippen MR) is 110 cm³/mol. The normalized spacial score (nSPS) is 11.6. The quantitative estimate of drug-likeness (QED) is 0.0813. The maximum Gasteiger partial charge on any atom is 0.303 e. The molecule has 0 aromatic heterocycles. The van der Waals surface area contributed by atoms with Gasteiger partial charge in [0.15, 0.2) is 11.7 Å². The van der Waals surface area contributed by atoms with Crippen molar-refractivity contribution in [3.8, 4) is 0 Å². The molecule has 0 radical (unpaired) electrons. The van der Waals surface area contributed by atoms with E-state index in [2.05, 4.69) is 15.6 Å². The Hall–Kier alpha value is -1.82. The highest BCUT2D eigenvalue weighted by atomic mass is 35.5. The Morgan fingerprint density at radius 3 is 2.21 bits per heavy atom. The fourth-order valence-electron chi connectivity index (χ4n) is 1.86. The van der Waals surface area contributed by atoms with Crippen LogP contribution in [0.15, 0.2) is 4.99 Å². The molecule has 0 bridgehead atoms. The van der Waals surface area contributed by atoms with Crippen LogP contribution < -0.4 is 27.8 Å². The smallest absolute Gasteiger partial charge is 0.303 e. The van der Waals surface area contributed by atoms with Crippen molar-refractivity contribution in [1.82, 2.24) is 10.6 Å². The number of hydrogen-bond donors (Lipinski definition) is 6. The Balaban J connectivity index is -0.00000312. The van der Waals surface area contributed by atoms with Crippen molar-refractivity contribution < 1.29 is 24.3 Å². The summed E-state index contributed by atoms with van der Waals surface area (Å²) in [6.07, 6.45) is 0.405. The summed E-state index contributed by atoms with van der Waals surface area (Å²) in [7, 11) is 0. The van der Waals surface area contributed by atoms with Crippen LogP contribution in [-0.2, 0) is 19.2 Å². The van der Waals surface area contributed by atoms with Crippen LogP contribution in [0, 0.1) is 0 Å². The average molecular weight is 466 g/mol. The lowest BCUT2D eigenvalue weighted by atomic mass is 10.1. The third kappa shape index (κ3) is 15.3. The molecule has 14 heteroatoms. The maximum absolute atomic E-state index is 11.9. The first kappa shape index (κ1) is 30.9. The number of carbonyl (C=O) groups excluding carboxylic acids is 3. The zero-order valence-corrected chi connectivity index (χ0v) is 17.4. The molecule has 164 valence electrons. The lowest BCUT2D eigenvalue weighted by molar-refractivity contribution is -0.137. The molecule has 28 heavy (non-hydrogen) atoms. The van der Waals surface area contributed by atoms with Crippen LogP contribution in [0.25, 0.3) is 0 Å². The van der Waals surface area contributed by atoms with E-state index >= 15 is 0 Å². The fourth-order valence-corrected chi connectivity index (χ4v) is 2.05. The van der Waals surface area contributed by atoms with E-state index in [9.17, 15) is 19.2 Å². The summed E-state index contributed by atoms with van der Waals surface area (Å²) in [4.78, 5) is 49.5. The van der Waals surface area contributed by atoms with E-state index in [1.165, 1.54) is 0 Å². The number of amides is 2. The van der Waals surface area contributed by atoms with Gasteiger partial charge in [0.25, 0.3) is 0 Å². The molecule has 11 nitrogen and oxygen atoms in total. The number of carboxylic acids is 1. The van der Waals surface area contributed by atoms with Gasteiger partial charge in [-0.25, -0.2) is 0 Å². The van der Waals surface area contributed by atoms with E-state index in [1.807, 2.05) is 0 Å². The largest absolute Gasteiger partial charge is 0.481 e. The Bertz CT molecular complexity index is 546. The number of hydrogen-bond acceptors (Lipinski definition) is 6. The number of nitrogens with one attached hydrogen (secondary N) is 2. The van der Waals surface area contributed by atoms with E-state index in [4.69, 9.17) is 33.9 Å². The minimum atomic E-state index is -1.07. The van der Waals surface area contributed by atoms with Gasteiger partial charge in [-0.05, 0) is 19.3 Å². The predicted octanol–water partition coefficient (Wildman–Crippen LogP) is -1.52. The van der Waals surface area contributed by atoms with Crippen LogP contribution >= 0.6 is 36.4 Å². The SMILES string of the molecule is Cl.Cl.NC(N)=NCCC[C@H](NC(=O)CNC(=O)[C@@H](N)CCC(=O)O)C(=O)CCl. The van der Waals surface area contributed by atoms with Crippen LogP contribution in [0.5, 0.6) is 0 Å². The minimum absolute atomic E-state index is 0. The monoisotopic (exact) mass is 464 g/mol. The van der Waals surface area contributed by atoms with Crippen molar-refractivity contribution in [2.75, 3.05) is 19.0 Å². The van der Waals surface area contributed by atoms with Crippen molar-refractivity contribution in [2.24, 2.45) is 22.2 Å². The van der Waals surface area contributed by atoms with Gasteiger partial charge < -0.3 is 32.9 Å². The molecule has 0 unspecified atom stereocenters. The summed E-state index contributed by atoms with van der Waals surface area (Å²) in [6, 6.07) is -1.87. The van der Waals surface area contributed by atoms with E-state index < -0.39 is 36.4 Å². The highest BCUT2D eigenvalue weighted by Crippen LogP contribution is 2.01. The Labute approximate surface area is 180 Å². The molecule has 0 aliphatic carbocycles. The second-order valence-electron chi connectivity index (χ2n) is 5.43. The number of ketones is 1. The van der Waals surface area contributed by atoms with Crippen molar-refractivity contribution >= 4 is 65.9 Å². The van der Waals surface area contributed by atoms with E-state index in [-0.39, 0.29) is 61.7 Å². The van der Waals surface area contributed by atoms with E-state index in [1.54, 1.807) is 0 Å². The van der Waals surface area contributed by atoms with Gasteiger partial charge >= 0.3 is 5.97 Å². The van der Waals surface area contributed by atoms with Crippen molar-refractivity contribution in [3.63, 3.8) is 0 Å². The standard InChI is InChI=1S/C14H25ClN6O5.2ClH/c15-6-10(22)9(2-1-5-19-14(17)18)21-11(23)7-20-13(26)8(16)3-4-12(24)25;;/h8-9H,1-7,16H2,(H,20,26)(H,21,23)(H,24,25)(H4,17,18,19);2*1H/t8-,9-;;/m0../s1. The lowest BCUT2D eigenvalue weighted by Gasteiger charge is -2.17. The van der Waals surface area contributed by atoms with Crippen molar-refractivity contribution in [3.05, 3.63) is 0 Å². The summed E-state index contributed by atoms with van der Waals surface area (Å²) < 4.78 is 0. The van der Waals surface area contributed by atoms with E-state index in [0.717, 1.165) is 0 Å². The topological polar surface area (TPSA) is 203 Å². The molecule has 0 aliphatic rings. The Kier molecular flexibility index (Phi) is 19.1. The lowest BCUT2D eigenvalue weighted by Crippen LogP contribution is -2.48. The number of carboxylic acid groups (broad SMARTS) is 1. The molecule has 0 saturated carbocycles. The highest BCUT2D eigenvalue weighted by molar-refractivity contribution is 6.28. The number of nitrogens with zero attached hydrogens (tertiary/aromatic N) is 1. The van der Waals surface area contributed by atoms with Gasteiger partial charge in [-0.15, -0.1) is 36.4 Å². The number of aliphatic carboxylic acids is 1. The van der Waals surface area contributed by atoms with Gasteiger partial charge in [0.1, 0.15) is 0 Å². The fraction of sp³-hybridized carbons (Fsp3) is 0.643. The molecular weight excluding hydrogens is 439 g/mol. The average Bonchev–Trinajstić information content (AvgIpc) is 2.58. The summed E-state index contributed by atoms with van der Waals surface area (Å²) in [6.45, 7) is -0.112. The van der Waals surface area contributed by atoms with Gasteiger partial charge in [-0.3, -0.25) is 24.2 Å². The molecule has 2 atom stereocenters. The number of Topliss-reactive ketones (excluding diaryl/α,β-unsaturated/α-hetero) is 1. The number of halogens is 3. The first-order valence-electron chi connectivity index (χ1n) is 7.85. The Morgan fingerprint density at radius 1 is 1.11 bits per heavy atom. The third-order valence-electron chi connectivity index (χ3n) is 3.23. The molecule has 0 fully saturated rings. The van der Waals surface area contributed by atoms with Gasteiger partial charge in [0.05, 0.1) is 24.5 Å². The second kappa shape index (κ2) is 17.3. The molecular formula is C14H27Cl3N6O5. The summed E-state index contributed by atoms with van der Waals surface area (Å²) >= 11 is 5.52. The van der Waals surface area contributed by atoms with Gasteiger partial charge in [0, 0.05) is 13.0 Å². The van der Waals surface area contributed by atoms with Crippen LogP contribution in [0.3, 0.4) is 0 Å². The number of nitrogens with two attached hydrogens (primary N) is 3. The number of carbonyl (C=O) groups is 4. The molecule has 0 aliphatic heterocycles. The maximum atomic E-state index is 11.9. The summed E-state index contributed by atoms with van der Waals surface area (Å²) in [5, 5.41) is 13.3. The number of alkyl halides is 1. The second-order valence-corrected chi connectivity index (χ2v) is 5.69. The van der Waals surface area contributed by atoms with Crippen LogP contribution in [0.1, 0.15) is 25.7 Å². The molecule has 0 saturated heterocycles. The summed E-state index contributed by atoms with van der Waals surface area (Å²) in [5.74, 6) is -3.07. The number of aliphatic imine (C=N–C) groups is 1. The van der Waals surface area contributed by atoms with E-state index in [0.29, 0.717) is 13.0 Å². The van der Waals surface area contributed by atoms with Gasteiger partial charge in [-0.1, -0.05) is 0 Å². The zero-order valence-electron chi connectivity index (χ0n) is 15.1. The van der Waals surface area contributed by atoms with Crippen molar-refractivity contribution in [2.45, 2.75) is 37.8 Å². The molecule has 0 aromatic rings. The molecule has 2 amide bonds. The molecule has 0 heterocycles. The first-order valence-corrected chi connectivity index (χ1v) is 8.39. The zero-order chi connectivity index (χ0) is 20.1. The summed E-state index contributed by atoms with van der Waals surface area (Å²) in [5.41, 5.74) is 15.9. The van der Waals surface area contributed by atoms with Gasteiger partial charge in [-0.2, -0.15) is 0 Å². The molecule has 0 rings (SSSR count). The number of guanidine groups is 1. The minimum Gasteiger partial charge on any atom is -0.481 e.